The maximum absolute atomic E-state index is 12.2. The Morgan fingerprint density at radius 2 is 2.00 bits per heavy atom. The van der Waals surface area contributed by atoms with Gasteiger partial charge in [0, 0.05) is 12.1 Å². The van der Waals surface area contributed by atoms with Gasteiger partial charge < -0.3 is 15.4 Å². The van der Waals surface area contributed by atoms with Crippen LogP contribution in [0.15, 0.2) is 24.3 Å². The number of carbonyl (C=O) groups excluding carboxylic acids is 1. The lowest BCUT2D eigenvalue weighted by atomic mass is 9.81. The molecule has 130 valence electrons. The molecule has 0 atom stereocenters. The lowest BCUT2D eigenvalue weighted by Crippen LogP contribution is -2.42. The molecule has 0 bridgehead atoms. The van der Waals surface area contributed by atoms with Crippen LogP contribution in [-0.4, -0.2) is 31.9 Å². The second-order valence-corrected chi connectivity index (χ2v) is 5.82. The van der Waals surface area contributed by atoms with Gasteiger partial charge >= 0.3 is 6.36 Å². The molecule has 0 aliphatic carbocycles. The summed E-state index contributed by atoms with van der Waals surface area (Å²) in [6.45, 7) is 4.40. The zero-order valence-electron chi connectivity index (χ0n) is 12.7. The molecule has 0 saturated carbocycles. The van der Waals surface area contributed by atoms with Crippen molar-refractivity contribution in [1.29, 1.82) is 0 Å². The fourth-order valence-corrected chi connectivity index (χ4v) is 2.44. The second kappa shape index (κ2) is 7.88. The van der Waals surface area contributed by atoms with E-state index in [9.17, 15) is 18.0 Å². The molecule has 1 aliphatic heterocycles. The summed E-state index contributed by atoms with van der Waals surface area (Å²) in [6, 6.07) is 5.08. The Kier molecular flexibility index (Phi) is 6.70. The highest BCUT2D eigenvalue weighted by atomic mass is 35.5. The number of halogens is 4. The fourth-order valence-electron chi connectivity index (χ4n) is 2.44. The van der Waals surface area contributed by atoms with Gasteiger partial charge in [0.2, 0.25) is 0 Å². The monoisotopic (exact) mass is 352 g/mol. The highest BCUT2D eigenvalue weighted by molar-refractivity contribution is 5.94. The fraction of sp³-hybridized carbons (Fsp3) is 0.533. The third-order valence-electron chi connectivity index (χ3n) is 3.82. The number of piperidine rings is 1. The quantitative estimate of drug-likeness (QED) is 0.875. The van der Waals surface area contributed by atoms with Gasteiger partial charge in [-0.2, -0.15) is 0 Å². The third kappa shape index (κ3) is 6.27. The highest BCUT2D eigenvalue weighted by Crippen LogP contribution is 2.27. The summed E-state index contributed by atoms with van der Waals surface area (Å²) in [5.41, 5.74) is 0.167. The molecule has 4 nitrogen and oxygen atoms in total. The first-order valence-electron chi connectivity index (χ1n) is 7.12. The standard InChI is InChI=1S/C15H19F3N2O2.ClH/c1-14(5-7-19-8-6-14)10-20-13(21)11-3-2-4-12(9-11)22-15(16,17)18;/h2-4,9,19H,5-8,10H2,1H3,(H,20,21);1H. The van der Waals surface area contributed by atoms with E-state index >= 15 is 0 Å². The van der Waals surface area contributed by atoms with E-state index in [0.717, 1.165) is 32.0 Å². The minimum absolute atomic E-state index is 0. The van der Waals surface area contributed by atoms with Crippen LogP contribution in [0, 0.1) is 5.41 Å². The molecule has 0 unspecified atom stereocenters. The summed E-state index contributed by atoms with van der Waals surface area (Å²) in [4.78, 5) is 12.1. The number of benzene rings is 1. The molecule has 1 amide bonds. The molecule has 0 aromatic heterocycles. The summed E-state index contributed by atoms with van der Waals surface area (Å²) in [7, 11) is 0. The number of nitrogens with one attached hydrogen (secondary N) is 2. The number of ether oxygens (including phenoxy) is 1. The first kappa shape index (κ1) is 19.6. The van der Waals surface area contributed by atoms with Crippen molar-refractivity contribution >= 4 is 18.3 Å². The van der Waals surface area contributed by atoms with Gasteiger partial charge in [-0.25, -0.2) is 0 Å². The van der Waals surface area contributed by atoms with E-state index in [1.807, 2.05) is 0 Å². The molecule has 8 heteroatoms. The zero-order valence-corrected chi connectivity index (χ0v) is 13.5. The van der Waals surface area contributed by atoms with Gasteiger partial charge in [-0.15, -0.1) is 25.6 Å². The van der Waals surface area contributed by atoms with Crippen LogP contribution in [-0.2, 0) is 0 Å². The van der Waals surface area contributed by atoms with E-state index in [2.05, 4.69) is 22.3 Å². The van der Waals surface area contributed by atoms with Crippen LogP contribution < -0.4 is 15.4 Å². The van der Waals surface area contributed by atoms with Crippen molar-refractivity contribution in [3.8, 4) is 5.75 Å². The van der Waals surface area contributed by atoms with Gasteiger partial charge in [0.25, 0.3) is 5.91 Å². The summed E-state index contributed by atoms with van der Waals surface area (Å²) >= 11 is 0. The largest absolute Gasteiger partial charge is 0.573 e. The summed E-state index contributed by atoms with van der Waals surface area (Å²) in [6.07, 6.45) is -2.87. The maximum atomic E-state index is 12.2. The lowest BCUT2D eigenvalue weighted by Gasteiger charge is -2.34. The molecule has 23 heavy (non-hydrogen) atoms. The van der Waals surface area contributed by atoms with Crippen molar-refractivity contribution in [2.24, 2.45) is 5.41 Å². The van der Waals surface area contributed by atoms with Crippen LogP contribution in [0.25, 0.3) is 0 Å². The van der Waals surface area contributed by atoms with Gasteiger partial charge in [-0.05, 0) is 49.5 Å². The number of carbonyl (C=O) groups is 1. The zero-order chi connectivity index (χ0) is 16.2. The van der Waals surface area contributed by atoms with Gasteiger partial charge in [-0.1, -0.05) is 13.0 Å². The van der Waals surface area contributed by atoms with E-state index in [-0.39, 0.29) is 23.4 Å². The van der Waals surface area contributed by atoms with E-state index in [4.69, 9.17) is 0 Å². The molecule has 1 aliphatic rings. The molecule has 0 spiro atoms. The second-order valence-electron chi connectivity index (χ2n) is 5.82. The Morgan fingerprint density at radius 3 is 2.61 bits per heavy atom. The van der Waals surface area contributed by atoms with Crippen LogP contribution in [0.3, 0.4) is 0 Å². The molecule has 0 radical (unpaired) electrons. The highest BCUT2D eigenvalue weighted by Gasteiger charge is 2.31. The summed E-state index contributed by atoms with van der Waals surface area (Å²) in [5, 5.41) is 6.05. The first-order valence-corrected chi connectivity index (χ1v) is 7.12. The number of alkyl halides is 3. The molecule has 2 rings (SSSR count). The molecular weight excluding hydrogens is 333 g/mol. The van der Waals surface area contributed by atoms with Crippen molar-refractivity contribution in [3.63, 3.8) is 0 Å². The average Bonchev–Trinajstić information content (AvgIpc) is 2.44. The van der Waals surface area contributed by atoms with Crippen molar-refractivity contribution in [2.75, 3.05) is 19.6 Å². The number of rotatable bonds is 4. The normalized spacial score (nSPS) is 17.0. The maximum Gasteiger partial charge on any atom is 0.573 e. The Labute approximate surface area is 139 Å². The van der Waals surface area contributed by atoms with Gasteiger partial charge in [-0.3, -0.25) is 4.79 Å². The Morgan fingerprint density at radius 1 is 1.35 bits per heavy atom. The van der Waals surface area contributed by atoms with Crippen molar-refractivity contribution in [2.45, 2.75) is 26.1 Å². The van der Waals surface area contributed by atoms with Gasteiger partial charge in [0.15, 0.2) is 0 Å². The topological polar surface area (TPSA) is 50.4 Å². The minimum Gasteiger partial charge on any atom is -0.406 e. The number of amides is 1. The molecule has 1 saturated heterocycles. The average molecular weight is 353 g/mol. The van der Waals surface area contributed by atoms with Crippen molar-refractivity contribution in [1.82, 2.24) is 10.6 Å². The molecule has 1 heterocycles. The van der Waals surface area contributed by atoms with Crippen LogP contribution in [0.1, 0.15) is 30.1 Å². The molecule has 1 aromatic carbocycles. The molecule has 1 aromatic rings. The predicted molar refractivity (Wildman–Crippen MR) is 82.9 cm³/mol. The smallest absolute Gasteiger partial charge is 0.406 e. The van der Waals surface area contributed by atoms with Crippen LogP contribution in [0.5, 0.6) is 5.75 Å². The van der Waals surface area contributed by atoms with Crippen molar-refractivity contribution in [3.05, 3.63) is 29.8 Å². The Hall–Kier alpha value is -1.47. The molecular formula is C15H20ClF3N2O2. The van der Waals surface area contributed by atoms with E-state index in [0.29, 0.717) is 6.54 Å². The number of hydrogen-bond donors (Lipinski definition) is 2. The van der Waals surface area contributed by atoms with Crippen molar-refractivity contribution < 1.29 is 22.7 Å². The van der Waals surface area contributed by atoms with E-state index in [1.165, 1.54) is 18.2 Å². The Bertz CT molecular complexity index is 532. The van der Waals surface area contributed by atoms with Crippen LogP contribution >= 0.6 is 12.4 Å². The Balaban J connectivity index is 0.00000264. The minimum atomic E-state index is -4.77. The van der Waals surface area contributed by atoms with Gasteiger partial charge in [0.05, 0.1) is 0 Å². The molecule has 2 N–H and O–H groups in total. The lowest BCUT2D eigenvalue weighted by molar-refractivity contribution is -0.274. The first-order chi connectivity index (χ1) is 10.3. The predicted octanol–water partition coefficient (Wildman–Crippen LogP) is 3.13. The molecule has 1 fully saturated rings. The SMILES string of the molecule is CC1(CNC(=O)c2cccc(OC(F)(F)F)c2)CCNCC1.Cl. The third-order valence-corrected chi connectivity index (χ3v) is 3.82. The summed E-state index contributed by atoms with van der Waals surface area (Å²) in [5.74, 6) is -0.791. The summed E-state index contributed by atoms with van der Waals surface area (Å²) < 4.78 is 40.4. The van der Waals surface area contributed by atoms with E-state index in [1.54, 1.807) is 0 Å². The number of hydrogen-bond acceptors (Lipinski definition) is 3. The van der Waals surface area contributed by atoms with Crippen LogP contribution in [0.4, 0.5) is 13.2 Å². The van der Waals surface area contributed by atoms with E-state index < -0.39 is 18.0 Å². The van der Waals surface area contributed by atoms with Gasteiger partial charge in [0.1, 0.15) is 5.75 Å². The van der Waals surface area contributed by atoms with Crippen LogP contribution in [0.2, 0.25) is 0 Å².